The highest BCUT2D eigenvalue weighted by Gasteiger charge is 2.31. The van der Waals surface area contributed by atoms with Crippen molar-refractivity contribution in [3.63, 3.8) is 0 Å². The second-order valence-electron chi connectivity index (χ2n) is 9.07. The number of unbranched alkanes of at least 4 members (excludes halogenated alkanes) is 4. The normalized spacial score (nSPS) is 18.1. The van der Waals surface area contributed by atoms with Crippen molar-refractivity contribution in [3.8, 4) is 0 Å². The topological polar surface area (TPSA) is 23.6 Å². The van der Waals surface area contributed by atoms with E-state index in [0.717, 1.165) is 19.6 Å². The van der Waals surface area contributed by atoms with Crippen molar-refractivity contribution in [3.05, 3.63) is 0 Å². The monoisotopic (exact) mass is 310 g/mol. The van der Waals surface area contributed by atoms with Crippen LogP contribution in [0, 0.1) is 5.41 Å². The minimum absolute atomic E-state index is 0.0315. The SMILES string of the molecule is CC(C)(C)CCCCCCCN1CCN(C(C)(C)C)C(=O)C1. The van der Waals surface area contributed by atoms with Crippen LogP contribution in [0.25, 0.3) is 0 Å². The molecule has 3 heteroatoms. The van der Waals surface area contributed by atoms with E-state index in [1.807, 2.05) is 4.90 Å². The summed E-state index contributed by atoms with van der Waals surface area (Å²) in [4.78, 5) is 16.6. The summed E-state index contributed by atoms with van der Waals surface area (Å²) in [5, 5.41) is 0. The third-order valence-electron chi connectivity index (χ3n) is 4.51. The van der Waals surface area contributed by atoms with Gasteiger partial charge in [0.15, 0.2) is 0 Å². The number of rotatable bonds is 7. The first-order valence-electron chi connectivity index (χ1n) is 9.12. The van der Waals surface area contributed by atoms with Gasteiger partial charge in [0, 0.05) is 18.6 Å². The molecule has 1 aliphatic rings. The summed E-state index contributed by atoms with van der Waals surface area (Å²) in [6.45, 7) is 16.9. The molecule has 0 aromatic carbocycles. The Balaban J connectivity index is 2.09. The smallest absolute Gasteiger partial charge is 0.237 e. The molecule has 1 heterocycles. The second-order valence-corrected chi connectivity index (χ2v) is 9.07. The molecule has 1 rings (SSSR count). The van der Waals surface area contributed by atoms with Gasteiger partial charge in [0.2, 0.25) is 5.91 Å². The van der Waals surface area contributed by atoms with Gasteiger partial charge in [-0.25, -0.2) is 0 Å². The molecule has 0 saturated carbocycles. The molecule has 0 atom stereocenters. The quantitative estimate of drug-likeness (QED) is 0.654. The van der Waals surface area contributed by atoms with Crippen molar-refractivity contribution >= 4 is 5.91 Å². The van der Waals surface area contributed by atoms with E-state index in [2.05, 4.69) is 46.4 Å². The van der Waals surface area contributed by atoms with Gasteiger partial charge in [-0.15, -0.1) is 0 Å². The molecule has 0 spiro atoms. The fourth-order valence-electron chi connectivity index (χ4n) is 3.14. The fourth-order valence-corrected chi connectivity index (χ4v) is 3.14. The Bertz CT molecular complexity index is 338. The number of amides is 1. The lowest BCUT2D eigenvalue weighted by Gasteiger charge is -2.42. The molecule has 0 radical (unpaired) electrons. The third-order valence-corrected chi connectivity index (χ3v) is 4.51. The van der Waals surface area contributed by atoms with E-state index in [4.69, 9.17) is 0 Å². The summed E-state index contributed by atoms with van der Waals surface area (Å²) < 4.78 is 0. The van der Waals surface area contributed by atoms with Crippen molar-refractivity contribution in [2.24, 2.45) is 5.41 Å². The molecule has 1 aliphatic heterocycles. The van der Waals surface area contributed by atoms with E-state index in [1.54, 1.807) is 0 Å². The maximum absolute atomic E-state index is 12.2. The van der Waals surface area contributed by atoms with Gasteiger partial charge in [-0.3, -0.25) is 9.69 Å². The van der Waals surface area contributed by atoms with Gasteiger partial charge in [-0.2, -0.15) is 0 Å². The van der Waals surface area contributed by atoms with Crippen LogP contribution in [0.4, 0.5) is 0 Å². The molecule has 0 aliphatic carbocycles. The zero-order valence-corrected chi connectivity index (χ0v) is 15.9. The van der Waals surface area contributed by atoms with E-state index >= 15 is 0 Å². The van der Waals surface area contributed by atoms with E-state index in [0.29, 0.717) is 17.9 Å². The minimum Gasteiger partial charge on any atom is -0.335 e. The van der Waals surface area contributed by atoms with Crippen LogP contribution < -0.4 is 0 Å². The van der Waals surface area contributed by atoms with Crippen molar-refractivity contribution in [1.29, 1.82) is 0 Å². The second kappa shape index (κ2) is 8.33. The Hall–Kier alpha value is -0.570. The minimum atomic E-state index is -0.0315. The molecule has 0 bridgehead atoms. The van der Waals surface area contributed by atoms with Gasteiger partial charge in [-0.05, 0) is 45.6 Å². The number of piperazine rings is 1. The van der Waals surface area contributed by atoms with Gasteiger partial charge >= 0.3 is 0 Å². The maximum Gasteiger partial charge on any atom is 0.237 e. The third kappa shape index (κ3) is 7.62. The summed E-state index contributed by atoms with van der Waals surface area (Å²) in [5.41, 5.74) is 0.448. The van der Waals surface area contributed by atoms with Crippen LogP contribution in [-0.4, -0.2) is 47.4 Å². The van der Waals surface area contributed by atoms with Crippen LogP contribution in [0.3, 0.4) is 0 Å². The van der Waals surface area contributed by atoms with Crippen LogP contribution in [0.1, 0.15) is 80.1 Å². The largest absolute Gasteiger partial charge is 0.335 e. The first-order valence-corrected chi connectivity index (χ1v) is 9.12. The summed E-state index contributed by atoms with van der Waals surface area (Å²) in [5.74, 6) is 0.295. The molecule has 1 saturated heterocycles. The van der Waals surface area contributed by atoms with Crippen molar-refractivity contribution in [2.75, 3.05) is 26.2 Å². The fraction of sp³-hybridized carbons (Fsp3) is 0.947. The summed E-state index contributed by atoms with van der Waals surface area (Å²) in [6, 6.07) is 0. The molecule has 1 fully saturated rings. The predicted octanol–water partition coefficient (Wildman–Crippen LogP) is 4.32. The highest BCUT2D eigenvalue weighted by molar-refractivity contribution is 5.79. The first kappa shape index (κ1) is 19.5. The van der Waals surface area contributed by atoms with Crippen molar-refractivity contribution in [1.82, 2.24) is 9.80 Å². The van der Waals surface area contributed by atoms with E-state index in [1.165, 1.54) is 38.5 Å². The zero-order chi connectivity index (χ0) is 16.8. The van der Waals surface area contributed by atoms with Gasteiger partial charge in [-0.1, -0.05) is 46.5 Å². The molecule has 130 valence electrons. The number of nitrogens with zero attached hydrogens (tertiary/aromatic N) is 2. The maximum atomic E-state index is 12.2. The summed E-state index contributed by atoms with van der Waals surface area (Å²) in [7, 11) is 0. The molecule has 0 aromatic rings. The molecule has 0 unspecified atom stereocenters. The van der Waals surface area contributed by atoms with Gasteiger partial charge in [0.05, 0.1) is 6.54 Å². The standard InChI is InChI=1S/C19H38N2O/c1-18(2,3)12-10-8-7-9-11-13-20-14-15-21(17(22)16-20)19(4,5)6/h7-16H2,1-6H3. The average Bonchev–Trinajstić information content (AvgIpc) is 2.34. The van der Waals surface area contributed by atoms with Crippen LogP contribution in [0.15, 0.2) is 0 Å². The van der Waals surface area contributed by atoms with Crippen molar-refractivity contribution in [2.45, 2.75) is 85.6 Å². The lowest BCUT2D eigenvalue weighted by atomic mass is 9.89. The van der Waals surface area contributed by atoms with Crippen LogP contribution in [0.2, 0.25) is 0 Å². The molecule has 0 N–H and O–H groups in total. The Morgan fingerprint density at radius 3 is 2.00 bits per heavy atom. The molecule has 3 nitrogen and oxygen atoms in total. The van der Waals surface area contributed by atoms with Crippen molar-refractivity contribution < 1.29 is 4.79 Å². The van der Waals surface area contributed by atoms with Crippen LogP contribution >= 0.6 is 0 Å². The lowest BCUT2D eigenvalue weighted by molar-refractivity contribution is -0.141. The van der Waals surface area contributed by atoms with E-state index in [9.17, 15) is 4.79 Å². The molecule has 0 aromatic heterocycles. The highest BCUT2D eigenvalue weighted by Crippen LogP contribution is 2.22. The van der Waals surface area contributed by atoms with Gasteiger partial charge in [0.1, 0.15) is 0 Å². The first-order chi connectivity index (χ1) is 10.1. The van der Waals surface area contributed by atoms with Gasteiger partial charge < -0.3 is 4.90 Å². The Morgan fingerprint density at radius 1 is 0.864 bits per heavy atom. The molecule has 22 heavy (non-hydrogen) atoms. The summed E-state index contributed by atoms with van der Waals surface area (Å²) >= 11 is 0. The molecular weight excluding hydrogens is 272 g/mol. The Morgan fingerprint density at radius 2 is 1.45 bits per heavy atom. The molecule has 1 amide bonds. The average molecular weight is 311 g/mol. The number of carbonyl (C=O) groups excluding carboxylic acids is 1. The Labute approximate surface area is 138 Å². The molecular formula is C19H38N2O. The lowest BCUT2D eigenvalue weighted by Crippen LogP contribution is -2.56. The van der Waals surface area contributed by atoms with E-state index < -0.39 is 0 Å². The van der Waals surface area contributed by atoms with Crippen LogP contribution in [-0.2, 0) is 4.79 Å². The summed E-state index contributed by atoms with van der Waals surface area (Å²) in [6.07, 6.45) is 7.92. The number of hydrogen-bond acceptors (Lipinski definition) is 2. The number of carbonyl (C=O) groups is 1. The van der Waals surface area contributed by atoms with Gasteiger partial charge in [0.25, 0.3) is 0 Å². The Kier molecular flexibility index (Phi) is 7.37. The van der Waals surface area contributed by atoms with Crippen LogP contribution in [0.5, 0.6) is 0 Å². The predicted molar refractivity (Wildman–Crippen MR) is 95.1 cm³/mol. The highest BCUT2D eigenvalue weighted by atomic mass is 16.2. The zero-order valence-electron chi connectivity index (χ0n) is 15.9. The number of hydrogen-bond donors (Lipinski definition) is 0. The van der Waals surface area contributed by atoms with E-state index in [-0.39, 0.29) is 5.54 Å².